The lowest BCUT2D eigenvalue weighted by Crippen LogP contribution is -2.16. The molecule has 2 aromatic rings. The number of para-hydroxylation sites is 1. The molecule has 0 bridgehead atoms. The molecule has 0 aliphatic rings. The first-order valence-electron chi connectivity index (χ1n) is 5.44. The van der Waals surface area contributed by atoms with Crippen LogP contribution in [0.5, 0.6) is 0 Å². The summed E-state index contributed by atoms with van der Waals surface area (Å²) in [6, 6.07) is 9.33. The fourth-order valence-electron chi connectivity index (χ4n) is 1.64. The average molecular weight is 283 g/mol. The van der Waals surface area contributed by atoms with E-state index in [0.717, 1.165) is 18.2 Å². The Morgan fingerprint density at radius 3 is 2.11 bits per heavy atom. The fourth-order valence-corrected chi connectivity index (χ4v) is 2.97. The first-order chi connectivity index (χ1) is 8.92. The summed E-state index contributed by atoms with van der Waals surface area (Å²) < 4.78 is 53.0. The Labute approximate surface area is 109 Å². The minimum absolute atomic E-state index is 0.0161. The standard InChI is InChI=1S/C13H11F2NO2S/c1-9-5-2-3-8-12(9)19(17,18)16-13-10(14)6-4-7-11(13)15/h2-8,16H,1H3. The van der Waals surface area contributed by atoms with Crippen LogP contribution >= 0.6 is 0 Å². The summed E-state index contributed by atoms with van der Waals surface area (Å²) in [5.74, 6) is -1.92. The van der Waals surface area contributed by atoms with E-state index in [1.165, 1.54) is 6.07 Å². The van der Waals surface area contributed by atoms with Crippen molar-refractivity contribution in [3.05, 3.63) is 59.7 Å². The first kappa shape index (κ1) is 13.5. The summed E-state index contributed by atoms with van der Waals surface area (Å²) in [5.41, 5.74) is -0.183. The third kappa shape index (κ3) is 2.73. The van der Waals surface area contributed by atoms with Gasteiger partial charge in [0.2, 0.25) is 0 Å². The Morgan fingerprint density at radius 2 is 1.53 bits per heavy atom. The topological polar surface area (TPSA) is 46.2 Å². The van der Waals surface area contributed by atoms with Crippen LogP contribution in [0.3, 0.4) is 0 Å². The van der Waals surface area contributed by atoms with Gasteiger partial charge < -0.3 is 0 Å². The van der Waals surface area contributed by atoms with E-state index in [4.69, 9.17) is 0 Å². The van der Waals surface area contributed by atoms with E-state index in [2.05, 4.69) is 0 Å². The second-order valence-electron chi connectivity index (χ2n) is 3.97. The lowest BCUT2D eigenvalue weighted by molar-refractivity contribution is 0.582. The summed E-state index contributed by atoms with van der Waals surface area (Å²) >= 11 is 0. The van der Waals surface area contributed by atoms with Gasteiger partial charge in [0.05, 0.1) is 4.90 Å². The van der Waals surface area contributed by atoms with Crippen LogP contribution in [0.25, 0.3) is 0 Å². The van der Waals surface area contributed by atoms with Gasteiger partial charge >= 0.3 is 0 Å². The van der Waals surface area contributed by atoms with Crippen LogP contribution in [0.1, 0.15) is 5.56 Å². The molecule has 0 spiro atoms. The molecule has 2 aromatic carbocycles. The van der Waals surface area contributed by atoms with Gasteiger partial charge in [0.15, 0.2) is 0 Å². The number of nitrogens with one attached hydrogen (secondary N) is 1. The summed E-state index contributed by atoms with van der Waals surface area (Å²) in [6.45, 7) is 1.60. The summed E-state index contributed by atoms with van der Waals surface area (Å²) in [7, 11) is -4.02. The van der Waals surface area contributed by atoms with E-state index in [9.17, 15) is 17.2 Å². The number of halogens is 2. The van der Waals surface area contributed by atoms with Crippen molar-refractivity contribution in [3.63, 3.8) is 0 Å². The summed E-state index contributed by atoms with van der Waals surface area (Å²) in [6.07, 6.45) is 0. The predicted molar refractivity (Wildman–Crippen MR) is 68.3 cm³/mol. The maximum Gasteiger partial charge on any atom is 0.262 e. The van der Waals surface area contributed by atoms with Crippen LogP contribution in [0, 0.1) is 18.6 Å². The van der Waals surface area contributed by atoms with Gasteiger partial charge in [0, 0.05) is 0 Å². The van der Waals surface area contributed by atoms with E-state index in [-0.39, 0.29) is 4.90 Å². The molecule has 0 unspecified atom stereocenters. The molecule has 3 nitrogen and oxygen atoms in total. The van der Waals surface area contributed by atoms with Crippen molar-refractivity contribution in [2.24, 2.45) is 0 Å². The minimum Gasteiger partial charge on any atom is -0.274 e. The minimum atomic E-state index is -4.02. The smallest absolute Gasteiger partial charge is 0.262 e. The molecular weight excluding hydrogens is 272 g/mol. The Balaban J connectivity index is 2.46. The molecule has 0 aliphatic carbocycles. The number of aryl methyl sites for hydroxylation is 1. The van der Waals surface area contributed by atoms with E-state index in [1.807, 2.05) is 4.72 Å². The molecule has 0 radical (unpaired) electrons. The van der Waals surface area contributed by atoms with Crippen molar-refractivity contribution in [1.82, 2.24) is 0 Å². The second kappa shape index (κ2) is 4.97. The molecule has 0 atom stereocenters. The maximum atomic E-state index is 13.4. The monoisotopic (exact) mass is 283 g/mol. The Morgan fingerprint density at radius 1 is 0.947 bits per heavy atom. The van der Waals surface area contributed by atoms with Gasteiger partial charge in [0.25, 0.3) is 10.0 Å². The molecule has 6 heteroatoms. The molecule has 100 valence electrons. The normalized spacial score (nSPS) is 11.3. The van der Waals surface area contributed by atoms with Gasteiger partial charge in [-0.1, -0.05) is 24.3 Å². The van der Waals surface area contributed by atoms with Crippen LogP contribution in [-0.4, -0.2) is 8.42 Å². The van der Waals surface area contributed by atoms with Gasteiger partial charge in [0.1, 0.15) is 17.3 Å². The third-order valence-corrected chi connectivity index (χ3v) is 4.09. The van der Waals surface area contributed by atoms with E-state index < -0.39 is 27.3 Å². The predicted octanol–water partition coefficient (Wildman–Crippen LogP) is 3.07. The third-order valence-electron chi connectivity index (χ3n) is 2.58. The number of sulfonamides is 1. The number of benzene rings is 2. The van der Waals surface area contributed by atoms with E-state index in [0.29, 0.717) is 5.56 Å². The van der Waals surface area contributed by atoms with Crippen molar-refractivity contribution in [3.8, 4) is 0 Å². The van der Waals surface area contributed by atoms with Crippen LogP contribution in [0.4, 0.5) is 14.5 Å². The molecule has 0 aromatic heterocycles. The van der Waals surface area contributed by atoms with Gasteiger partial charge in [-0.25, -0.2) is 17.2 Å². The number of anilines is 1. The van der Waals surface area contributed by atoms with Gasteiger partial charge in [-0.2, -0.15) is 0 Å². The number of hydrogen-bond donors (Lipinski definition) is 1. The zero-order chi connectivity index (χ0) is 14.0. The Kier molecular flexibility index (Phi) is 3.53. The molecule has 0 saturated heterocycles. The molecule has 0 heterocycles. The summed E-state index contributed by atoms with van der Waals surface area (Å²) in [4.78, 5) is -0.0161. The first-order valence-corrected chi connectivity index (χ1v) is 6.92. The Bertz CT molecular complexity index is 694. The SMILES string of the molecule is Cc1ccccc1S(=O)(=O)Nc1c(F)cccc1F. The quantitative estimate of drug-likeness (QED) is 0.941. The molecule has 19 heavy (non-hydrogen) atoms. The van der Waals surface area contributed by atoms with Crippen molar-refractivity contribution in [2.45, 2.75) is 11.8 Å². The number of hydrogen-bond acceptors (Lipinski definition) is 2. The van der Waals surface area contributed by atoms with Crippen LogP contribution < -0.4 is 4.72 Å². The van der Waals surface area contributed by atoms with Crippen molar-refractivity contribution < 1.29 is 17.2 Å². The number of rotatable bonds is 3. The highest BCUT2D eigenvalue weighted by Crippen LogP contribution is 2.23. The molecular formula is C13H11F2NO2S. The summed E-state index contributed by atoms with van der Waals surface area (Å²) in [5, 5.41) is 0. The maximum absolute atomic E-state index is 13.4. The van der Waals surface area contributed by atoms with Crippen molar-refractivity contribution in [1.29, 1.82) is 0 Å². The second-order valence-corrected chi connectivity index (χ2v) is 5.62. The van der Waals surface area contributed by atoms with Crippen LogP contribution in [0.15, 0.2) is 47.4 Å². The zero-order valence-electron chi connectivity index (χ0n) is 10.0. The van der Waals surface area contributed by atoms with Crippen molar-refractivity contribution >= 4 is 15.7 Å². The van der Waals surface area contributed by atoms with Crippen LogP contribution in [-0.2, 0) is 10.0 Å². The highest BCUT2D eigenvalue weighted by atomic mass is 32.2. The van der Waals surface area contributed by atoms with E-state index in [1.54, 1.807) is 25.1 Å². The Hall–Kier alpha value is -1.95. The fraction of sp³-hybridized carbons (Fsp3) is 0.0769. The molecule has 0 saturated carbocycles. The molecule has 1 N–H and O–H groups in total. The average Bonchev–Trinajstić information content (AvgIpc) is 2.34. The zero-order valence-corrected chi connectivity index (χ0v) is 10.8. The van der Waals surface area contributed by atoms with Gasteiger partial charge in [-0.05, 0) is 30.7 Å². The molecule has 0 aliphatic heterocycles. The molecule has 0 fully saturated rings. The van der Waals surface area contributed by atoms with Gasteiger partial charge in [-0.3, -0.25) is 4.72 Å². The molecule has 2 rings (SSSR count). The molecule has 0 amide bonds. The van der Waals surface area contributed by atoms with Gasteiger partial charge in [-0.15, -0.1) is 0 Å². The highest BCUT2D eigenvalue weighted by molar-refractivity contribution is 7.92. The highest BCUT2D eigenvalue weighted by Gasteiger charge is 2.20. The lowest BCUT2D eigenvalue weighted by Gasteiger charge is -2.11. The van der Waals surface area contributed by atoms with E-state index >= 15 is 0 Å². The van der Waals surface area contributed by atoms with Crippen molar-refractivity contribution in [2.75, 3.05) is 4.72 Å². The van der Waals surface area contributed by atoms with Crippen LogP contribution in [0.2, 0.25) is 0 Å². The lowest BCUT2D eigenvalue weighted by atomic mass is 10.2. The largest absolute Gasteiger partial charge is 0.274 e.